The normalized spacial score (nSPS) is 14.7. The first-order valence-electron chi connectivity index (χ1n) is 6.25. The molecule has 0 spiro atoms. The molecule has 0 aliphatic heterocycles. The number of aromatic nitrogens is 1. The van der Waals surface area contributed by atoms with Crippen molar-refractivity contribution in [3.05, 3.63) is 23.8 Å². The molecular formula is C13H12F2N2O2S. The zero-order chi connectivity index (χ0) is 14.1. The molecule has 1 saturated carbocycles. The molecule has 0 atom stereocenters. The number of anilines is 1. The number of fused-ring (bicyclic) bond motifs is 1. The van der Waals surface area contributed by atoms with Crippen LogP contribution in [0, 0.1) is 17.6 Å². The van der Waals surface area contributed by atoms with Crippen molar-refractivity contribution >= 4 is 32.6 Å². The molecule has 2 aromatic rings. The predicted octanol–water partition coefficient (Wildman–Crippen LogP) is 2.94. The molecule has 1 heterocycles. The highest BCUT2D eigenvalue weighted by atomic mass is 32.1. The summed E-state index contributed by atoms with van der Waals surface area (Å²) in [6, 6.07) is 2.09. The van der Waals surface area contributed by atoms with Gasteiger partial charge in [0.2, 0.25) is 0 Å². The second-order valence-electron chi connectivity index (χ2n) is 4.76. The number of carbonyl (C=O) groups is 1. The molecule has 106 valence electrons. The fourth-order valence-electron chi connectivity index (χ4n) is 1.74. The summed E-state index contributed by atoms with van der Waals surface area (Å²) < 4.78 is 31.8. The Hall–Kier alpha value is -1.60. The van der Waals surface area contributed by atoms with Gasteiger partial charge in [-0.15, -0.1) is 0 Å². The SMILES string of the molecule is O=C(COCC1CC1)Nc1nc2cc(F)c(F)cc2s1. The first-order chi connectivity index (χ1) is 9.61. The van der Waals surface area contributed by atoms with E-state index >= 15 is 0 Å². The maximum atomic E-state index is 13.1. The lowest BCUT2D eigenvalue weighted by atomic mass is 10.3. The van der Waals surface area contributed by atoms with Crippen molar-refractivity contribution < 1.29 is 18.3 Å². The maximum Gasteiger partial charge on any atom is 0.252 e. The Morgan fingerprint density at radius 2 is 2.15 bits per heavy atom. The van der Waals surface area contributed by atoms with E-state index < -0.39 is 11.6 Å². The van der Waals surface area contributed by atoms with Gasteiger partial charge in [0.25, 0.3) is 5.91 Å². The molecular weight excluding hydrogens is 286 g/mol. The van der Waals surface area contributed by atoms with Gasteiger partial charge in [0, 0.05) is 6.07 Å². The van der Waals surface area contributed by atoms with E-state index in [9.17, 15) is 13.6 Å². The van der Waals surface area contributed by atoms with Crippen LogP contribution < -0.4 is 5.32 Å². The molecule has 0 radical (unpaired) electrons. The van der Waals surface area contributed by atoms with Crippen LogP contribution >= 0.6 is 11.3 Å². The number of halogens is 2. The number of benzene rings is 1. The number of amides is 1. The van der Waals surface area contributed by atoms with E-state index in [0.29, 0.717) is 27.9 Å². The van der Waals surface area contributed by atoms with Gasteiger partial charge in [-0.3, -0.25) is 10.1 Å². The highest BCUT2D eigenvalue weighted by Gasteiger charge is 2.21. The molecule has 1 aliphatic rings. The topological polar surface area (TPSA) is 51.2 Å². The summed E-state index contributed by atoms with van der Waals surface area (Å²) in [5, 5.41) is 2.87. The van der Waals surface area contributed by atoms with Crippen molar-refractivity contribution in [2.75, 3.05) is 18.5 Å². The average molecular weight is 298 g/mol. The molecule has 3 rings (SSSR count). The molecule has 1 aromatic carbocycles. The first-order valence-corrected chi connectivity index (χ1v) is 7.06. The van der Waals surface area contributed by atoms with Crippen LogP contribution in [0.2, 0.25) is 0 Å². The largest absolute Gasteiger partial charge is 0.371 e. The Kier molecular flexibility index (Phi) is 3.62. The van der Waals surface area contributed by atoms with E-state index in [1.165, 1.54) is 0 Å². The number of rotatable bonds is 5. The lowest BCUT2D eigenvalue weighted by Gasteiger charge is -2.02. The van der Waals surface area contributed by atoms with Gasteiger partial charge in [0.05, 0.1) is 16.8 Å². The van der Waals surface area contributed by atoms with E-state index in [0.717, 1.165) is 36.3 Å². The molecule has 1 aliphatic carbocycles. The van der Waals surface area contributed by atoms with Crippen LogP contribution in [0.5, 0.6) is 0 Å². The number of hydrogen-bond donors (Lipinski definition) is 1. The minimum Gasteiger partial charge on any atom is -0.371 e. The lowest BCUT2D eigenvalue weighted by molar-refractivity contribution is -0.120. The number of ether oxygens (including phenoxy) is 1. The number of hydrogen-bond acceptors (Lipinski definition) is 4. The molecule has 1 N–H and O–H groups in total. The van der Waals surface area contributed by atoms with Crippen molar-refractivity contribution in [1.82, 2.24) is 4.98 Å². The third-order valence-corrected chi connectivity index (χ3v) is 3.89. The molecule has 1 aromatic heterocycles. The van der Waals surface area contributed by atoms with Gasteiger partial charge in [-0.1, -0.05) is 11.3 Å². The molecule has 0 unspecified atom stereocenters. The van der Waals surface area contributed by atoms with E-state index in [1.807, 2.05) is 0 Å². The number of nitrogens with zero attached hydrogens (tertiary/aromatic N) is 1. The van der Waals surface area contributed by atoms with Gasteiger partial charge in [-0.2, -0.15) is 0 Å². The average Bonchev–Trinajstić information content (AvgIpc) is 3.12. The van der Waals surface area contributed by atoms with Crippen molar-refractivity contribution in [3.8, 4) is 0 Å². The monoisotopic (exact) mass is 298 g/mol. The second-order valence-corrected chi connectivity index (χ2v) is 5.79. The van der Waals surface area contributed by atoms with E-state index in [4.69, 9.17) is 4.74 Å². The Labute approximate surface area is 117 Å². The van der Waals surface area contributed by atoms with Crippen LogP contribution in [0.3, 0.4) is 0 Å². The predicted molar refractivity (Wildman–Crippen MR) is 71.7 cm³/mol. The van der Waals surface area contributed by atoms with Crippen LogP contribution in [0.4, 0.5) is 13.9 Å². The summed E-state index contributed by atoms with van der Waals surface area (Å²) in [6.07, 6.45) is 2.33. The van der Waals surface area contributed by atoms with Gasteiger partial charge in [0.15, 0.2) is 16.8 Å². The molecule has 0 bridgehead atoms. The Balaban J connectivity index is 1.62. The third-order valence-electron chi connectivity index (χ3n) is 2.96. The summed E-state index contributed by atoms with van der Waals surface area (Å²) >= 11 is 1.10. The number of thiazole rings is 1. The first kappa shape index (κ1) is 13.4. The van der Waals surface area contributed by atoms with Crippen molar-refractivity contribution in [2.24, 2.45) is 5.92 Å². The summed E-state index contributed by atoms with van der Waals surface area (Å²) in [6.45, 7) is 0.568. The smallest absolute Gasteiger partial charge is 0.252 e. The molecule has 4 nitrogen and oxygen atoms in total. The Morgan fingerprint density at radius 1 is 1.40 bits per heavy atom. The fourth-order valence-corrected chi connectivity index (χ4v) is 2.62. The van der Waals surface area contributed by atoms with Gasteiger partial charge in [0.1, 0.15) is 6.61 Å². The Bertz CT molecular complexity index is 616. The molecule has 1 fully saturated rings. The van der Waals surface area contributed by atoms with Crippen LogP contribution in [0.25, 0.3) is 10.2 Å². The van der Waals surface area contributed by atoms with Crippen LogP contribution in [0.15, 0.2) is 12.1 Å². The standard InChI is InChI=1S/C13H12F2N2O2S/c14-8-3-10-11(4-9(8)15)20-13(16-10)17-12(18)6-19-5-7-1-2-7/h3-4,7H,1-2,5-6H2,(H,16,17,18). The van der Waals surface area contributed by atoms with E-state index in [2.05, 4.69) is 10.3 Å². The van der Waals surface area contributed by atoms with Crippen LogP contribution in [-0.2, 0) is 9.53 Å². The summed E-state index contributed by atoms with van der Waals surface area (Å²) in [4.78, 5) is 15.6. The molecule has 7 heteroatoms. The van der Waals surface area contributed by atoms with E-state index in [1.54, 1.807) is 0 Å². The summed E-state index contributed by atoms with van der Waals surface area (Å²) in [5.74, 6) is -1.60. The summed E-state index contributed by atoms with van der Waals surface area (Å²) in [5.41, 5.74) is 0.322. The maximum absolute atomic E-state index is 13.1. The van der Waals surface area contributed by atoms with E-state index in [-0.39, 0.29) is 12.5 Å². The van der Waals surface area contributed by atoms with Crippen molar-refractivity contribution in [3.63, 3.8) is 0 Å². The zero-order valence-corrected chi connectivity index (χ0v) is 11.3. The van der Waals surface area contributed by atoms with Crippen LogP contribution in [-0.4, -0.2) is 24.1 Å². The number of nitrogens with one attached hydrogen (secondary N) is 1. The fraction of sp³-hybridized carbons (Fsp3) is 0.385. The van der Waals surface area contributed by atoms with Crippen molar-refractivity contribution in [1.29, 1.82) is 0 Å². The lowest BCUT2D eigenvalue weighted by Crippen LogP contribution is -2.18. The second kappa shape index (κ2) is 5.41. The van der Waals surface area contributed by atoms with Gasteiger partial charge < -0.3 is 4.74 Å². The Morgan fingerprint density at radius 3 is 2.90 bits per heavy atom. The van der Waals surface area contributed by atoms with Gasteiger partial charge in [-0.25, -0.2) is 13.8 Å². The quantitative estimate of drug-likeness (QED) is 0.923. The molecule has 0 saturated heterocycles. The zero-order valence-electron chi connectivity index (χ0n) is 10.5. The molecule has 20 heavy (non-hydrogen) atoms. The highest BCUT2D eigenvalue weighted by Crippen LogP contribution is 2.29. The van der Waals surface area contributed by atoms with Gasteiger partial charge >= 0.3 is 0 Å². The highest BCUT2D eigenvalue weighted by molar-refractivity contribution is 7.22. The minimum absolute atomic E-state index is 0.0326. The number of carbonyl (C=O) groups excluding carboxylic acids is 1. The summed E-state index contributed by atoms with van der Waals surface area (Å²) in [7, 11) is 0. The minimum atomic E-state index is -0.951. The van der Waals surface area contributed by atoms with Gasteiger partial charge in [-0.05, 0) is 24.8 Å². The van der Waals surface area contributed by atoms with Crippen LogP contribution in [0.1, 0.15) is 12.8 Å². The molecule has 1 amide bonds. The third kappa shape index (κ3) is 3.10. The van der Waals surface area contributed by atoms with Crippen molar-refractivity contribution in [2.45, 2.75) is 12.8 Å².